The van der Waals surface area contributed by atoms with Gasteiger partial charge in [-0.3, -0.25) is 4.79 Å². The largest absolute Gasteiger partial charge is 0.367 e. The van der Waals surface area contributed by atoms with Crippen LogP contribution in [0.15, 0.2) is 0 Å². The predicted molar refractivity (Wildman–Crippen MR) is 33.5 cm³/mol. The number of hydrogen-bond donors (Lipinski definition) is 1. The number of alkyl halides is 1. The average molecular weight is 182 g/mol. The van der Waals surface area contributed by atoms with E-state index < -0.39 is 12.0 Å². The Hall–Kier alpha value is -0.0900. The fraction of sp³-hybridized carbons (Fsp3) is 0.750. The molecule has 8 heavy (non-hydrogen) atoms. The summed E-state index contributed by atoms with van der Waals surface area (Å²) in [6, 6.07) is 0. The van der Waals surface area contributed by atoms with Crippen molar-refractivity contribution in [3.63, 3.8) is 0 Å². The van der Waals surface area contributed by atoms with E-state index in [0.717, 1.165) is 0 Å². The maximum absolute atomic E-state index is 10.2. The molecule has 0 saturated carbocycles. The first-order chi connectivity index (χ1) is 3.68. The van der Waals surface area contributed by atoms with Gasteiger partial charge in [0, 0.05) is 0 Å². The van der Waals surface area contributed by atoms with E-state index in [1.807, 2.05) is 0 Å². The number of rotatable bonds is 3. The van der Waals surface area contributed by atoms with Crippen molar-refractivity contribution in [2.45, 2.75) is 13.0 Å². The maximum atomic E-state index is 10.2. The van der Waals surface area contributed by atoms with Gasteiger partial charge in [-0.25, -0.2) is 0 Å². The topological polar surface area (TPSA) is 52.3 Å². The van der Waals surface area contributed by atoms with Gasteiger partial charge in [-0.05, 0) is 6.92 Å². The van der Waals surface area contributed by atoms with Gasteiger partial charge >= 0.3 is 0 Å². The molecule has 0 fully saturated rings. The van der Waals surface area contributed by atoms with Gasteiger partial charge < -0.3 is 10.5 Å². The minimum atomic E-state index is -0.491. The van der Waals surface area contributed by atoms with E-state index in [1.165, 1.54) is 0 Å². The molecule has 1 unspecified atom stereocenters. The lowest BCUT2D eigenvalue weighted by molar-refractivity contribution is -0.127. The second kappa shape index (κ2) is 3.86. The standard InChI is InChI=1S/C4H8BrNO2/c1-3(4(6)7)8-2-5/h3H,2H2,1H3,(H2,6,7). The highest BCUT2D eigenvalue weighted by molar-refractivity contribution is 9.09. The molecular weight excluding hydrogens is 174 g/mol. The maximum Gasteiger partial charge on any atom is 0.246 e. The molecule has 0 spiro atoms. The summed E-state index contributed by atoms with van der Waals surface area (Å²) in [5.74, 6) is -0.440. The van der Waals surface area contributed by atoms with E-state index in [1.54, 1.807) is 6.92 Å². The Balaban J connectivity index is 3.32. The van der Waals surface area contributed by atoms with Crippen LogP contribution >= 0.6 is 15.9 Å². The van der Waals surface area contributed by atoms with Crippen LogP contribution in [0.1, 0.15) is 6.92 Å². The van der Waals surface area contributed by atoms with E-state index in [9.17, 15) is 4.79 Å². The van der Waals surface area contributed by atoms with Crippen LogP contribution in [0.2, 0.25) is 0 Å². The Morgan fingerprint density at radius 2 is 2.50 bits per heavy atom. The number of primary amides is 1. The van der Waals surface area contributed by atoms with Crippen LogP contribution in [0.4, 0.5) is 0 Å². The molecule has 0 saturated heterocycles. The lowest BCUT2D eigenvalue weighted by Gasteiger charge is -2.03. The van der Waals surface area contributed by atoms with Crippen LogP contribution in [0.25, 0.3) is 0 Å². The number of halogens is 1. The van der Waals surface area contributed by atoms with Gasteiger partial charge in [0.15, 0.2) is 0 Å². The minimum Gasteiger partial charge on any atom is -0.367 e. The van der Waals surface area contributed by atoms with Gasteiger partial charge in [0.2, 0.25) is 5.91 Å². The first kappa shape index (κ1) is 7.91. The highest BCUT2D eigenvalue weighted by atomic mass is 79.9. The van der Waals surface area contributed by atoms with Crippen LogP contribution in [-0.4, -0.2) is 17.5 Å². The quantitative estimate of drug-likeness (QED) is 0.635. The van der Waals surface area contributed by atoms with Crippen molar-refractivity contribution in [1.82, 2.24) is 0 Å². The molecule has 0 aromatic rings. The van der Waals surface area contributed by atoms with Gasteiger partial charge in [0.1, 0.15) is 11.6 Å². The molecule has 0 radical (unpaired) electrons. The molecule has 0 aliphatic heterocycles. The summed E-state index contributed by atoms with van der Waals surface area (Å²) >= 11 is 2.99. The van der Waals surface area contributed by atoms with Crippen molar-refractivity contribution in [1.29, 1.82) is 0 Å². The molecule has 0 aromatic heterocycles. The molecule has 1 atom stereocenters. The van der Waals surface area contributed by atoms with Crippen LogP contribution in [0, 0.1) is 0 Å². The van der Waals surface area contributed by atoms with Crippen molar-refractivity contribution in [3.8, 4) is 0 Å². The Labute approximate surface area is 56.3 Å². The molecule has 2 N–H and O–H groups in total. The Kier molecular flexibility index (Phi) is 3.81. The molecular formula is C4H8BrNO2. The fourth-order valence-corrected chi connectivity index (χ4v) is 0.573. The zero-order valence-electron chi connectivity index (χ0n) is 4.56. The zero-order chi connectivity index (χ0) is 6.57. The molecule has 0 bridgehead atoms. The van der Waals surface area contributed by atoms with Gasteiger partial charge in [0.25, 0.3) is 0 Å². The third-order valence-electron chi connectivity index (χ3n) is 0.714. The lowest BCUT2D eigenvalue weighted by Crippen LogP contribution is -2.27. The van der Waals surface area contributed by atoms with E-state index in [4.69, 9.17) is 10.5 Å². The van der Waals surface area contributed by atoms with Crippen molar-refractivity contribution in [2.75, 3.05) is 5.52 Å². The number of hydrogen-bond acceptors (Lipinski definition) is 2. The van der Waals surface area contributed by atoms with Crippen LogP contribution in [0.5, 0.6) is 0 Å². The summed E-state index contributed by atoms with van der Waals surface area (Å²) in [4.78, 5) is 10.2. The summed E-state index contributed by atoms with van der Waals surface area (Å²) in [5, 5.41) is 0. The van der Waals surface area contributed by atoms with Crippen molar-refractivity contribution in [3.05, 3.63) is 0 Å². The van der Waals surface area contributed by atoms with Gasteiger partial charge in [0.05, 0.1) is 0 Å². The first-order valence-electron chi connectivity index (χ1n) is 2.15. The second-order valence-corrected chi connectivity index (χ2v) is 1.78. The molecule has 0 aliphatic rings. The SMILES string of the molecule is CC(OCBr)C(N)=O. The van der Waals surface area contributed by atoms with E-state index in [2.05, 4.69) is 15.9 Å². The highest BCUT2D eigenvalue weighted by Gasteiger charge is 2.05. The van der Waals surface area contributed by atoms with Crippen molar-refractivity contribution >= 4 is 21.8 Å². The first-order valence-corrected chi connectivity index (χ1v) is 3.27. The summed E-state index contributed by atoms with van der Waals surface area (Å²) in [5.41, 5.74) is 5.18. The molecule has 0 heterocycles. The smallest absolute Gasteiger partial charge is 0.246 e. The Morgan fingerprint density at radius 1 is 2.00 bits per heavy atom. The number of ether oxygens (including phenoxy) is 1. The Morgan fingerprint density at radius 3 is 2.62 bits per heavy atom. The van der Waals surface area contributed by atoms with Crippen molar-refractivity contribution < 1.29 is 9.53 Å². The highest BCUT2D eigenvalue weighted by Crippen LogP contribution is 1.90. The molecule has 3 nitrogen and oxygen atoms in total. The second-order valence-electron chi connectivity index (χ2n) is 1.32. The van der Waals surface area contributed by atoms with Gasteiger partial charge in [-0.2, -0.15) is 0 Å². The molecule has 4 heteroatoms. The van der Waals surface area contributed by atoms with E-state index >= 15 is 0 Å². The molecule has 48 valence electrons. The molecule has 0 aromatic carbocycles. The normalized spacial score (nSPS) is 13.2. The lowest BCUT2D eigenvalue weighted by atomic mass is 10.4. The van der Waals surface area contributed by atoms with Crippen molar-refractivity contribution in [2.24, 2.45) is 5.73 Å². The minimum absolute atomic E-state index is 0.344. The predicted octanol–water partition coefficient (Wildman–Crippen LogP) is 0.229. The summed E-state index contributed by atoms with van der Waals surface area (Å²) < 4.78 is 4.75. The number of nitrogens with two attached hydrogens (primary N) is 1. The number of carbonyl (C=O) groups excluding carboxylic acids is 1. The van der Waals surface area contributed by atoms with E-state index in [-0.39, 0.29) is 0 Å². The zero-order valence-corrected chi connectivity index (χ0v) is 6.14. The summed E-state index contributed by atoms with van der Waals surface area (Å²) in [6.07, 6.45) is -0.491. The third kappa shape index (κ3) is 2.98. The Bertz CT molecular complexity index is 86.1. The fourth-order valence-electron chi connectivity index (χ4n) is 0.177. The van der Waals surface area contributed by atoms with Crippen LogP contribution < -0.4 is 5.73 Å². The monoisotopic (exact) mass is 181 g/mol. The summed E-state index contributed by atoms with van der Waals surface area (Å²) in [7, 11) is 0. The average Bonchev–Trinajstić information content (AvgIpc) is 1.67. The summed E-state index contributed by atoms with van der Waals surface area (Å²) in [6.45, 7) is 1.60. The van der Waals surface area contributed by atoms with E-state index in [0.29, 0.717) is 5.52 Å². The third-order valence-corrected chi connectivity index (χ3v) is 0.978. The van der Waals surface area contributed by atoms with Crippen LogP contribution in [0.3, 0.4) is 0 Å². The van der Waals surface area contributed by atoms with Crippen LogP contribution in [-0.2, 0) is 9.53 Å². The molecule has 0 rings (SSSR count). The van der Waals surface area contributed by atoms with Gasteiger partial charge in [-0.1, -0.05) is 15.9 Å². The molecule has 0 aliphatic carbocycles. The molecule has 1 amide bonds. The number of carbonyl (C=O) groups is 1. The number of amides is 1. The van der Waals surface area contributed by atoms with Gasteiger partial charge in [-0.15, -0.1) is 0 Å².